The summed E-state index contributed by atoms with van der Waals surface area (Å²) in [5.74, 6) is -0.717. The minimum Gasteiger partial charge on any atom is -0.481 e. The van der Waals surface area contributed by atoms with Crippen LogP contribution in [0.1, 0.15) is 19.3 Å². The van der Waals surface area contributed by atoms with Gasteiger partial charge in [-0.15, -0.1) is 23.1 Å². The van der Waals surface area contributed by atoms with Crippen molar-refractivity contribution in [1.82, 2.24) is 0 Å². The van der Waals surface area contributed by atoms with Crippen LogP contribution >= 0.6 is 23.1 Å². The van der Waals surface area contributed by atoms with E-state index < -0.39 is 5.97 Å². The third-order valence-corrected chi connectivity index (χ3v) is 5.21. The number of hydrogen-bond donors (Lipinski definition) is 1. The Labute approximate surface area is 103 Å². The quantitative estimate of drug-likeness (QED) is 0.902. The van der Waals surface area contributed by atoms with Gasteiger partial charge in [-0.05, 0) is 24.3 Å². The van der Waals surface area contributed by atoms with Crippen LogP contribution in [0.3, 0.4) is 0 Å². The molecule has 1 N–H and O–H groups in total. The fourth-order valence-corrected chi connectivity index (χ4v) is 4.35. The molecule has 0 amide bonds. The van der Waals surface area contributed by atoms with Gasteiger partial charge in [0.25, 0.3) is 0 Å². The maximum absolute atomic E-state index is 11.0. The van der Waals surface area contributed by atoms with Crippen molar-refractivity contribution < 1.29 is 14.6 Å². The zero-order valence-corrected chi connectivity index (χ0v) is 10.5. The highest BCUT2D eigenvalue weighted by molar-refractivity contribution is 8.02. The molecule has 5 heteroatoms. The largest absolute Gasteiger partial charge is 0.481 e. The van der Waals surface area contributed by atoms with E-state index in [2.05, 4.69) is 0 Å². The number of rotatable bonds is 4. The van der Waals surface area contributed by atoms with Crippen molar-refractivity contribution in [2.75, 3.05) is 13.2 Å². The first-order chi connectivity index (χ1) is 7.70. The van der Waals surface area contributed by atoms with Crippen molar-refractivity contribution in [3.63, 3.8) is 0 Å². The van der Waals surface area contributed by atoms with E-state index in [4.69, 9.17) is 9.84 Å². The van der Waals surface area contributed by atoms with Crippen LogP contribution in [0.25, 0.3) is 0 Å². The summed E-state index contributed by atoms with van der Waals surface area (Å²) < 4.78 is 6.35. The standard InChI is InChI=1S/C11H14O3S2/c12-9(13)8-11(3-5-14-6-4-11)16-10-2-1-7-15-10/h1-2,7H,3-6,8H2,(H,12,13). The lowest BCUT2D eigenvalue weighted by Crippen LogP contribution is -2.35. The van der Waals surface area contributed by atoms with E-state index in [-0.39, 0.29) is 11.2 Å². The van der Waals surface area contributed by atoms with Gasteiger partial charge in [0.05, 0.1) is 10.6 Å². The molecule has 1 aliphatic heterocycles. The molecule has 0 bridgehead atoms. The van der Waals surface area contributed by atoms with Gasteiger partial charge in [-0.25, -0.2) is 0 Å². The summed E-state index contributed by atoms with van der Waals surface area (Å²) in [6.07, 6.45) is 1.86. The zero-order valence-electron chi connectivity index (χ0n) is 8.85. The van der Waals surface area contributed by atoms with Gasteiger partial charge in [0.1, 0.15) is 0 Å². The smallest absolute Gasteiger partial charge is 0.304 e. The first-order valence-electron chi connectivity index (χ1n) is 5.22. The summed E-state index contributed by atoms with van der Waals surface area (Å²) in [5.41, 5.74) is 0. The van der Waals surface area contributed by atoms with Crippen LogP contribution in [0.2, 0.25) is 0 Å². The highest BCUT2D eigenvalue weighted by Gasteiger charge is 2.36. The average Bonchev–Trinajstić information content (AvgIpc) is 2.70. The van der Waals surface area contributed by atoms with E-state index in [9.17, 15) is 4.79 Å². The lowest BCUT2D eigenvalue weighted by atomic mass is 9.95. The lowest BCUT2D eigenvalue weighted by molar-refractivity contribution is -0.138. The van der Waals surface area contributed by atoms with Gasteiger partial charge in [-0.2, -0.15) is 0 Å². The maximum Gasteiger partial charge on any atom is 0.304 e. The third kappa shape index (κ3) is 2.99. The number of carboxylic acids is 1. The van der Waals surface area contributed by atoms with Crippen molar-refractivity contribution in [2.45, 2.75) is 28.2 Å². The Morgan fingerprint density at radius 1 is 1.56 bits per heavy atom. The van der Waals surface area contributed by atoms with Crippen LogP contribution in [-0.2, 0) is 9.53 Å². The van der Waals surface area contributed by atoms with Crippen LogP contribution in [-0.4, -0.2) is 29.0 Å². The Hall–Kier alpha value is -0.520. The zero-order chi connectivity index (χ0) is 11.4. The first kappa shape index (κ1) is 12.0. The number of thioether (sulfide) groups is 1. The second kappa shape index (κ2) is 5.21. The van der Waals surface area contributed by atoms with E-state index in [1.54, 1.807) is 23.1 Å². The molecule has 0 aromatic carbocycles. The van der Waals surface area contributed by atoms with E-state index in [0.29, 0.717) is 13.2 Å². The Morgan fingerprint density at radius 2 is 2.31 bits per heavy atom. The maximum atomic E-state index is 11.0. The highest BCUT2D eigenvalue weighted by Crippen LogP contribution is 2.44. The van der Waals surface area contributed by atoms with E-state index in [0.717, 1.165) is 12.8 Å². The van der Waals surface area contributed by atoms with E-state index in [1.165, 1.54) is 4.21 Å². The normalized spacial score (nSPS) is 19.5. The SMILES string of the molecule is O=C(O)CC1(Sc2cccs2)CCOCC1. The molecular formula is C11H14O3S2. The Morgan fingerprint density at radius 3 is 2.88 bits per heavy atom. The molecule has 0 saturated carbocycles. The van der Waals surface area contributed by atoms with Crippen molar-refractivity contribution in [3.8, 4) is 0 Å². The van der Waals surface area contributed by atoms with Gasteiger partial charge in [0, 0.05) is 18.0 Å². The molecule has 0 spiro atoms. The van der Waals surface area contributed by atoms with Gasteiger partial charge in [-0.3, -0.25) is 4.79 Å². The molecule has 1 aliphatic rings. The highest BCUT2D eigenvalue weighted by atomic mass is 32.2. The molecule has 0 aliphatic carbocycles. The molecular weight excluding hydrogens is 244 g/mol. The average molecular weight is 258 g/mol. The Bertz CT molecular complexity index is 342. The van der Waals surface area contributed by atoms with Crippen LogP contribution < -0.4 is 0 Å². The Balaban J connectivity index is 2.09. The summed E-state index contributed by atoms with van der Waals surface area (Å²) in [6.45, 7) is 1.34. The lowest BCUT2D eigenvalue weighted by Gasteiger charge is -2.34. The van der Waals surface area contributed by atoms with Crippen molar-refractivity contribution in [3.05, 3.63) is 17.5 Å². The monoisotopic (exact) mass is 258 g/mol. The van der Waals surface area contributed by atoms with Crippen LogP contribution in [0.4, 0.5) is 0 Å². The predicted octanol–water partition coefficient (Wildman–Crippen LogP) is 2.86. The Kier molecular flexibility index (Phi) is 3.89. The number of thiophene rings is 1. The number of hydrogen-bond acceptors (Lipinski definition) is 4. The van der Waals surface area contributed by atoms with Crippen molar-refractivity contribution in [1.29, 1.82) is 0 Å². The molecule has 1 saturated heterocycles. The van der Waals surface area contributed by atoms with Crippen LogP contribution in [0, 0.1) is 0 Å². The van der Waals surface area contributed by atoms with Crippen LogP contribution in [0.5, 0.6) is 0 Å². The number of carboxylic acid groups (broad SMARTS) is 1. The molecule has 88 valence electrons. The fraction of sp³-hybridized carbons (Fsp3) is 0.545. The number of aliphatic carboxylic acids is 1. The molecule has 0 unspecified atom stereocenters. The van der Waals surface area contributed by atoms with Gasteiger partial charge in [0.2, 0.25) is 0 Å². The van der Waals surface area contributed by atoms with Gasteiger partial charge < -0.3 is 9.84 Å². The van der Waals surface area contributed by atoms with Gasteiger partial charge >= 0.3 is 5.97 Å². The van der Waals surface area contributed by atoms with Gasteiger partial charge in [0.15, 0.2) is 0 Å². The molecule has 0 atom stereocenters. The fourth-order valence-electron chi connectivity index (χ4n) is 1.87. The van der Waals surface area contributed by atoms with Crippen molar-refractivity contribution >= 4 is 29.1 Å². The van der Waals surface area contributed by atoms with E-state index >= 15 is 0 Å². The molecule has 1 aromatic heterocycles. The summed E-state index contributed by atoms with van der Waals surface area (Å²) >= 11 is 3.38. The number of ether oxygens (including phenoxy) is 1. The molecule has 3 nitrogen and oxygen atoms in total. The molecule has 16 heavy (non-hydrogen) atoms. The molecule has 2 heterocycles. The summed E-state index contributed by atoms with van der Waals surface area (Å²) in [6, 6.07) is 4.05. The van der Waals surface area contributed by atoms with Crippen LogP contribution in [0.15, 0.2) is 21.7 Å². The second-order valence-corrected chi connectivity index (χ2v) is 6.62. The predicted molar refractivity (Wildman–Crippen MR) is 65.2 cm³/mol. The number of carbonyl (C=O) groups is 1. The molecule has 0 radical (unpaired) electrons. The minimum absolute atomic E-state index is 0.172. The summed E-state index contributed by atoms with van der Waals surface area (Å²) in [5, 5.41) is 11.0. The minimum atomic E-state index is -0.717. The molecule has 2 rings (SSSR count). The molecule has 1 fully saturated rings. The molecule has 1 aromatic rings. The first-order valence-corrected chi connectivity index (χ1v) is 6.92. The van der Waals surface area contributed by atoms with E-state index in [1.807, 2.05) is 17.5 Å². The second-order valence-electron chi connectivity index (χ2n) is 3.90. The third-order valence-electron chi connectivity index (χ3n) is 2.69. The summed E-state index contributed by atoms with van der Waals surface area (Å²) in [4.78, 5) is 11.0. The van der Waals surface area contributed by atoms with Crippen molar-refractivity contribution in [2.24, 2.45) is 0 Å². The van der Waals surface area contributed by atoms with Gasteiger partial charge in [-0.1, -0.05) is 6.07 Å². The summed E-state index contributed by atoms with van der Waals surface area (Å²) in [7, 11) is 0. The topological polar surface area (TPSA) is 46.5 Å².